The highest BCUT2D eigenvalue weighted by atomic mass is 35.5. The van der Waals surface area contributed by atoms with E-state index in [1.54, 1.807) is 111 Å². The molecule has 0 spiro atoms. The lowest BCUT2D eigenvalue weighted by Crippen LogP contribution is -2.75. The number of benzene rings is 7. The third kappa shape index (κ3) is 18.7. The quantitative estimate of drug-likeness (QED) is 0.0222. The van der Waals surface area contributed by atoms with Crippen LogP contribution in [0.5, 0.6) is 5.75 Å². The molecule has 0 N–H and O–H groups in total. The van der Waals surface area contributed by atoms with Crippen LogP contribution >= 0.6 is 11.6 Å². The minimum atomic E-state index is -2.04. The number of ether oxygens (including phenoxy) is 20. The van der Waals surface area contributed by atoms with Crippen LogP contribution in [0.4, 0.5) is 0 Å². The number of alkyl halides is 1. The van der Waals surface area contributed by atoms with Crippen LogP contribution in [-0.2, 0) is 119 Å². The molecule has 2 bridgehead atoms. The van der Waals surface area contributed by atoms with Gasteiger partial charge in [-0.15, -0.1) is 11.6 Å². The Balaban J connectivity index is 1.03. The second kappa shape index (κ2) is 36.2. The molecule has 0 aromatic heterocycles. The smallest absolute Gasteiger partial charge is 0.338 e. The molecule has 5 fully saturated rings. The summed E-state index contributed by atoms with van der Waals surface area (Å²) >= 11 is 6.26. The van der Waals surface area contributed by atoms with Gasteiger partial charge in [0.1, 0.15) is 85.9 Å². The van der Waals surface area contributed by atoms with Crippen molar-refractivity contribution in [1.82, 2.24) is 0 Å². The fourth-order valence-corrected chi connectivity index (χ4v) is 13.2. The highest BCUT2D eigenvalue weighted by Gasteiger charge is 2.67. The van der Waals surface area contributed by atoms with Crippen molar-refractivity contribution in [3.63, 3.8) is 0 Å². The van der Waals surface area contributed by atoms with Gasteiger partial charge in [0.25, 0.3) is 0 Å². The van der Waals surface area contributed by atoms with Crippen LogP contribution in [0.3, 0.4) is 0 Å². The molecule has 107 heavy (non-hydrogen) atoms. The number of fused-ring (bicyclic) bond motifs is 3. The number of esters is 6. The van der Waals surface area contributed by atoms with Gasteiger partial charge in [-0.3, -0.25) is 9.59 Å². The monoisotopic (exact) mass is 1490 g/mol. The van der Waals surface area contributed by atoms with E-state index in [1.165, 1.54) is 76.8 Å². The summed E-state index contributed by atoms with van der Waals surface area (Å²) in [6, 6.07) is 57.0. The Kier molecular flexibility index (Phi) is 26.2. The van der Waals surface area contributed by atoms with Gasteiger partial charge in [0.05, 0.1) is 55.8 Å². The number of methoxy groups -OCH3 is 3. The van der Waals surface area contributed by atoms with Crippen molar-refractivity contribution in [3.05, 3.63) is 245 Å². The minimum Gasteiger partial charge on any atom is -0.497 e. The van der Waals surface area contributed by atoms with Crippen LogP contribution in [0.2, 0.25) is 0 Å². The van der Waals surface area contributed by atoms with E-state index >= 15 is 4.79 Å². The van der Waals surface area contributed by atoms with Crippen LogP contribution in [-0.4, -0.2) is 199 Å². The molecule has 5 aliphatic heterocycles. The van der Waals surface area contributed by atoms with E-state index in [1.807, 2.05) is 60.7 Å². The van der Waals surface area contributed by atoms with E-state index < -0.39 is 171 Å². The van der Waals surface area contributed by atoms with Gasteiger partial charge in [-0.1, -0.05) is 146 Å². The van der Waals surface area contributed by atoms with Gasteiger partial charge < -0.3 is 94.7 Å². The Hall–Kier alpha value is -9.07. The molecule has 566 valence electrons. The van der Waals surface area contributed by atoms with Crippen LogP contribution in [0.1, 0.15) is 78.9 Å². The highest BCUT2D eigenvalue weighted by molar-refractivity contribution is 6.26. The van der Waals surface area contributed by atoms with Crippen molar-refractivity contribution in [3.8, 4) is 5.75 Å². The Morgan fingerprint density at radius 3 is 1.42 bits per heavy atom. The third-order valence-electron chi connectivity index (χ3n) is 18.9. The normalized spacial score (nSPS) is 28.9. The fourth-order valence-electron chi connectivity index (χ4n) is 13.1. The van der Waals surface area contributed by atoms with Gasteiger partial charge >= 0.3 is 35.8 Å². The Labute approximate surface area is 622 Å². The first kappa shape index (κ1) is 77.5. The van der Waals surface area contributed by atoms with E-state index in [4.69, 9.17) is 106 Å². The number of hydrogen-bond donors (Lipinski definition) is 0. The summed E-state index contributed by atoms with van der Waals surface area (Å²) in [7, 11) is 4.34. The average molecular weight is 1500 g/mol. The van der Waals surface area contributed by atoms with Crippen molar-refractivity contribution in [2.45, 2.75) is 156 Å². The standard InChI is InChI=1S/C80H83ClO26/c1-48(82)92-46-58-62-64(104-78-71(101-75(87)55-35-23-12-24-36-55)65(100-74(86)54-33-21-11-22-34-54)61(99-73(85)53-31-19-10-20-32-53)59(98-78)47-95-72(84)52-29-17-9-18-30-52)66(69(76(97-58)102-62)93-43-50-27-15-8-16-28-50)105-77-70(94-44-51-37-39-56(88-4)40-38-51)68-67(106-79(2,89-5)80(3,90-6)107-68)63(103-77)57(96-60(83)41-81)45-91-42-49-25-13-7-14-26-49/h7-40,57-59,61-71,76-78H,41-47H2,1-6H3/t57-,58-,59+,61+,62+,63+,64+,65-,66-,67+,68-,69-,70-,71+,76-,77-,78-,79-,80-/m0/s1. The second-order valence-electron chi connectivity index (χ2n) is 25.8. The molecule has 12 rings (SSSR count). The lowest BCUT2D eigenvalue weighted by molar-refractivity contribution is -0.486. The van der Waals surface area contributed by atoms with Gasteiger partial charge in [-0.2, -0.15) is 0 Å². The van der Waals surface area contributed by atoms with Gasteiger partial charge in [0.2, 0.25) is 11.6 Å². The highest BCUT2D eigenvalue weighted by Crippen LogP contribution is 2.48. The van der Waals surface area contributed by atoms with E-state index in [2.05, 4.69) is 0 Å². The summed E-state index contributed by atoms with van der Waals surface area (Å²) < 4.78 is 133. The van der Waals surface area contributed by atoms with Gasteiger partial charge in [-0.05, 0) is 91.2 Å². The number of halogens is 1. The Morgan fingerprint density at radius 1 is 0.439 bits per heavy atom. The largest absolute Gasteiger partial charge is 0.497 e. The van der Waals surface area contributed by atoms with E-state index in [9.17, 15) is 24.0 Å². The van der Waals surface area contributed by atoms with Gasteiger partial charge in [0.15, 0.2) is 43.3 Å². The Morgan fingerprint density at radius 2 is 0.897 bits per heavy atom. The molecule has 5 heterocycles. The number of carbonyl (C=O) groups excluding carboxylic acids is 6. The number of rotatable bonds is 31. The molecule has 5 saturated heterocycles. The molecule has 5 aliphatic rings. The van der Waals surface area contributed by atoms with Crippen molar-refractivity contribution in [2.24, 2.45) is 0 Å². The summed E-state index contributed by atoms with van der Waals surface area (Å²) in [4.78, 5) is 85.6. The zero-order valence-corrected chi connectivity index (χ0v) is 60.1. The van der Waals surface area contributed by atoms with Crippen LogP contribution in [0.15, 0.2) is 206 Å². The summed E-state index contributed by atoms with van der Waals surface area (Å²) in [6.45, 7) is 2.60. The summed E-state index contributed by atoms with van der Waals surface area (Å²) in [5, 5.41) is 0. The lowest BCUT2D eigenvalue weighted by atomic mass is 9.90. The first-order valence-corrected chi connectivity index (χ1v) is 35.3. The third-order valence-corrected chi connectivity index (χ3v) is 19.1. The molecule has 26 nitrogen and oxygen atoms in total. The maximum absolute atomic E-state index is 15.1. The number of carbonyl (C=O) groups is 6. The van der Waals surface area contributed by atoms with E-state index in [0.29, 0.717) is 16.9 Å². The topological polar surface area (TPSA) is 287 Å². The molecule has 0 unspecified atom stereocenters. The predicted molar refractivity (Wildman–Crippen MR) is 375 cm³/mol. The molecular weight excluding hydrogens is 1410 g/mol. The average Bonchev–Trinajstić information content (AvgIpc) is 0.864. The first-order chi connectivity index (χ1) is 51.9. The minimum absolute atomic E-state index is 0.00831. The lowest BCUT2D eigenvalue weighted by Gasteiger charge is -2.58. The van der Waals surface area contributed by atoms with Crippen LogP contribution in [0, 0.1) is 0 Å². The molecule has 0 saturated carbocycles. The summed E-state index contributed by atoms with van der Waals surface area (Å²) in [6.07, 6.45) is -27.0. The van der Waals surface area contributed by atoms with E-state index in [-0.39, 0.29) is 48.7 Å². The maximum atomic E-state index is 15.1. The van der Waals surface area contributed by atoms with Crippen molar-refractivity contribution in [1.29, 1.82) is 0 Å². The van der Waals surface area contributed by atoms with Gasteiger partial charge in [-0.25, -0.2) is 19.2 Å². The second-order valence-corrected chi connectivity index (χ2v) is 26.1. The first-order valence-electron chi connectivity index (χ1n) is 34.7. The maximum Gasteiger partial charge on any atom is 0.338 e. The predicted octanol–water partition coefficient (Wildman–Crippen LogP) is 9.48. The van der Waals surface area contributed by atoms with Gasteiger partial charge in [0, 0.05) is 21.1 Å². The molecule has 0 radical (unpaired) electrons. The van der Waals surface area contributed by atoms with Crippen LogP contribution in [0.25, 0.3) is 0 Å². The summed E-state index contributed by atoms with van der Waals surface area (Å²) in [5.74, 6) is -8.89. The van der Waals surface area contributed by atoms with Crippen molar-refractivity contribution in [2.75, 3.05) is 47.0 Å². The van der Waals surface area contributed by atoms with E-state index in [0.717, 1.165) is 5.56 Å². The molecular formula is C80H83ClO26. The molecule has 27 heteroatoms. The molecule has 0 amide bonds. The molecule has 19 atom stereocenters. The van der Waals surface area contributed by atoms with Crippen molar-refractivity contribution < 1.29 is 124 Å². The molecule has 7 aromatic rings. The molecule has 0 aliphatic carbocycles. The molecule has 7 aromatic carbocycles. The SMILES string of the molecule is COc1ccc(CO[C@@H]2[C@H](O[C@H]3[C@H](O[C@@H]4O[C@H](COC(=O)c5ccccc5)[C@@H](OC(=O)c5ccccc5)[C@H](OC(=O)c5ccccc5)[C@H]4OC(=O)c4ccccc4)[C@@H]4O[C@H](O[C@H]4COC(C)=O)[C@H]3OCc3ccccc3)O[C@H]([C@H](COCc3ccccc3)OC(=O)CCl)[C@H]3O[C@](C)(OC)[C@@](C)(OC)O[C@@H]32)cc1. The fraction of sp³-hybridized carbons (Fsp3) is 0.400. The zero-order chi connectivity index (χ0) is 75.0. The zero-order valence-electron chi connectivity index (χ0n) is 59.4. The van der Waals surface area contributed by atoms with Crippen molar-refractivity contribution >= 4 is 47.4 Å². The number of hydrogen-bond acceptors (Lipinski definition) is 26. The van der Waals surface area contributed by atoms with Crippen LogP contribution < -0.4 is 4.74 Å². The Bertz CT molecular complexity index is 4040. The summed E-state index contributed by atoms with van der Waals surface area (Å²) in [5.41, 5.74) is 2.29.